The number of thiophene rings is 1. The molecule has 27 heavy (non-hydrogen) atoms. The number of nitrogens with zero attached hydrogens (tertiary/aromatic N) is 1. The quantitative estimate of drug-likeness (QED) is 0.621. The van der Waals surface area contributed by atoms with E-state index >= 15 is 0 Å². The number of anilines is 1. The van der Waals surface area contributed by atoms with Crippen molar-refractivity contribution in [1.29, 1.82) is 0 Å². The predicted molar refractivity (Wildman–Crippen MR) is 104 cm³/mol. The van der Waals surface area contributed by atoms with Crippen molar-refractivity contribution in [2.75, 3.05) is 11.4 Å². The van der Waals surface area contributed by atoms with Gasteiger partial charge in [0, 0.05) is 17.5 Å². The van der Waals surface area contributed by atoms with Crippen molar-refractivity contribution in [3.63, 3.8) is 0 Å². The van der Waals surface area contributed by atoms with E-state index in [1.165, 1.54) is 16.2 Å². The van der Waals surface area contributed by atoms with Gasteiger partial charge in [0.25, 0.3) is 5.91 Å². The van der Waals surface area contributed by atoms with Gasteiger partial charge in [-0.2, -0.15) is 0 Å². The summed E-state index contributed by atoms with van der Waals surface area (Å²) in [6.07, 6.45) is 0.344. The van der Waals surface area contributed by atoms with Gasteiger partial charge in [-0.25, -0.2) is 0 Å². The minimum absolute atomic E-state index is 0.237. The molecule has 1 aliphatic rings. The van der Waals surface area contributed by atoms with Gasteiger partial charge < -0.3 is 20.9 Å². The summed E-state index contributed by atoms with van der Waals surface area (Å²) >= 11 is 7.28. The molecule has 0 saturated carbocycles. The minimum atomic E-state index is -0.781. The molecule has 4 N–H and O–H groups in total. The number of nitrogens with two attached hydrogens (primary N) is 1. The smallest absolute Gasteiger partial charge is 0.268 e. The first-order chi connectivity index (χ1) is 12.9. The fourth-order valence-corrected chi connectivity index (χ4v) is 4.37. The molecule has 2 aromatic heterocycles. The van der Waals surface area contributed by atoms with Crippen LogP contribution in [0.4, 0.5) is 5.69 Å². The highest BCUT2D eigenvalue weighted by molar-refractivity contribution is 7.22. The standard InChI is InChI=1S/C18H15ClN4O3S/c19-14-7-10-6-11(22-17(10)27-14)16(25)21-12-5-9-3-1-2-4-13(9)23(18(12)26)8-15(20)24/h1-4,6-7,12,22H,5,8H2,(H2,20,24)(H,21,25). The lowest BCUT2D eigenvalue weighted by atomic mass is 9.97. The zero-order valence-electron chi connectivity index (χ0n) is 14.0. The lowest BCUT2D eigenvalue weighted by molar-refractivity contribution is -0.123. The van der Waals surface area contributed by atoms with E-state index in [9.17, 15) is 14.4 Å². The number of carbonyl (C=O) groups is 3. The molecule has 4 rings (SSSR count). The molecule has 0 radical (unpaired) electrons. The van der Waals surface area contributed by atoms with Crippen LogP contribution in [0.15, 0.2) is 36.4 Å². The molecule has 0 saturated heterocycles. The number of carbonyl (C=O) groups excluding carboxylic acids is 3. The van der Waals surface area contributed by atoms with Gasteiger partial charge >= 0.3 is 0 Å². The molecule has 1 aromatic carbocycles. The minimum Gasteiger partial charge on any atom is -0.368 e. The Morgan fingerprint density at radius 3 is 2.85 bits per heavy atom. The zero-order valence-corrected chi connectivity index (χ0v) is 15.6. The van der Waals surface area contributed by atoms with E-state index in [1.807, 2.05) is 12.1 Å². The summed E-state index contributed by atoms with van der Waals surface area (Å²) in [7, 11) is 0. The van der Waals surface area contributed by atoms with Crippen molar-refractivity contribution in [2.24, 2.45) is 5.73 Å². The zero-order chi connectivity index (χ0) is 19.1. The Hall–Kier alpha value is -2.84. The summed E-state index contributed by atoms with van der Waals surface area (Å²) in [5.41, 5.74) is 7.14. The number of amides is 3. The molecule has 0 spiro atoms. The number of para-hydroxylation sites is 1. The molecule has 3 amide bonds. The molecule has 9 heteroatoms. The largest absolute Gasteiger partial charge is 0.368 e. The SMILES string of the molecule is NC(=O)CN1C(=O)C(NC(=O)c2cc3cc(Cl)sc3[nH]2)Cc2ccccc21. The number of halogens is 1. The van der Waals surface area contributed by atoms with Gasteiger partial charge in [0.05, 0.1) is 4.34 Å². The highest BCUT2D eigenvalue weighted by atomic mass is 35.5. The third-order valence-electron chi connectivity index (χ3n) is 4.41. The highest BCUT2D eigenvalue weighted by Crippen LogP contribution is 2.30. The monoisotopic (exact) mass is 402 g/mol. The molecule has 0 bridgehead atoms. The van der Waals surface area contributed by atoms with Crippen LogP contribution in [-0.2, 0) is 16.0 Å². The van der Waals surface area contributed by atoms with Crippen LogP contribution in [0.3, 0.4) is 0 Å². The molecular formula is C18H15ClN4O3S. The van der Waals surface area contributed by atoms with Crippen LogP contribution in [0.1, 0.15) is 16.1 Å². The fourth-order valence-electron chi connectivity index (χ4n) is 3.24. The maximum absolute atomic E-state index is 12.8. The van der Waals surface area contributed by atoms with Crippen molar-refractivity contribution in [2.45, 2.75) is 12.5 Å². The summed E-state index contributed by atoms with van der Waals surface area (Å²) in [5, 5.41) is 3.59. The topological polar surface area (TPSA) is 108 Å². The van der Waals surface area contributed by atoms with Crippen molar-refractivity contribution in [3.8, 4) is 0 Å². The number of aromatic nitrogens is 1. The Balaban J connectivity index is 1.59. The molecule has 7 nitrogen and oxygen atoms in total. The molecule has 1 aliphatic heterocycles. The normalized spacial score (nSPS) is 16.4. The number of benzene rings is 1. The predicted octanol–water partition coefficient (Wildman–Crippen LogP) is 2.06. The van der Waals surface area contributed by atoms with Crippen LogP contribution in [0.2, 0.25) is 4.34 Å². The average Bonchev–Trinajstić information content (AvgIpc) is 3.15. The van der Waals surface area contributed by atoms with Gasteiger partial charge in [0.2, 0.25) is 11.8 Å². The van der Waals surface area contributed by atoms with Crippen molar-refractivity contribution >= 4 is 56.6 Å². The number of rotatable bonds is 4. The van der Waals surface area contributed by atoms with Gasteiger partial charge in [-0.3, -0.25) is 14.4 Å². The number of aromatic amines is 1. The lowest BCUT2D eigenvalue weighted by Gasteiger charge is -2.33. The Morgan fingerprint density at radius 2 is 2.11 bits per heavy atom. The molecule has 138 valence electrons. The highest BCUT2D eigenvalue weighted by Gasteiger charge is 2.34. The van der Waals surface area contributed by atoms with Gasteiger partial charge in [0.1, 0.15) is 23.1 Å². The molecule has 3 heterocycles. The molecule has 0 aliphatic carbocycles. The fraction of sp³-hybridized carbons (Fsp3) is 0.167. The lowest BCUT2D eigenvalue weighted by Crippen LogP contribution is -2.54. The number of nitrogens with one attached hydrogen (secondary N) is 2. The first-order valence-corrected chi connectivity index (χ1v) is 9.38. The summed E-state index contributed by atoms with van der Waals surface area (Å²) in [6, 6.07) is 9.94. The van der Waals surface area contributed by atoms with Gasteiger partial charge in [-0.1, -0.05) is 29.8 Å². The van der Waals surface area contributed by atoms with Crippen LogP contribution in [0.25, 0.3) is 10.2 Å². The van der Waals surface area contributed by atoms with E-state index in [2.05, 4.69) is 10.3 Å². The third kappa shape index (κ3) is 3.29. The van der Waals surface area contributed by atoms with Crippen LogP contribution < -0.4 is 16.0 Å². The average molecular weight is 403 g/mol. The second-order valence-corrected chi connectivity index (χ2v) is 7.95. The maximum Gasteiger partial charge on any atom is 0.268 e. The van der Waals surface area contributed by atoms with Crippen LogP contribution in [-0.4, -0.2) is 35.3 Å². The van der Waals surface area contributed by atoms with Gasteiger partial charge in [0.15, 0.2) is 0 Å². The Labute approximate surface area is 163 Å². The Morgan fingerprint density at radius 1 is 1.33 bits per heavy atom. The van der Waals surface area contributed by atoms with E-state index < -0.39 is 17.9 Å². The van der Waals surface area contributed by atoms with E-state index in [1.54, 1.807) is 24.3 Å². The van der Waals surface area contributed by atoms with E-state index in [-0.39, 0.29) is 12.5 Å². The van der Waals surface area contributed by atoms with Crippen molar-refractivity contribution < 1.29 is 14.4 Å². The third-order valence-corrected chi connectivity index (χ3v) is 5.61. The van der Waals surface area contributed by atoms with E-state index in [0.717, 1.165) is 15.8 Å². The van der Waals surface area contributed by atoms with Gasteiger partial charge in [-0.15, -0.1) is 11.3 Å². The molecule has 1 atom stereocenters. The molecule has 0 fully saturated rings. The summed E-state index contributed by atoms with van der Waals surface area (Å²) in [4.78, 5) is 42.0. The number of hydrogen-bond donors (Lipinski definition) is 3. The summed E-state index contributed by atoms with van der Waals surface area (Å²) in [6.45, 7) is -0.237. The molecule has 1 unspecified atom stereocenters. The number of primary amides is 1. The second-order valence-electron chi connectivity index (χ2n) is 6.27. The summed E-state index contributed by atoms with van der Waals surface area (Å²) in [5.74, 6) is -1.38. The van der Waals surface area contributed by atoms with Crippen molar-refractivity contribution in [3.05, 3.63) is 52.0 Å². The van der Waals surface area contributed by atoms with E-state index in [4.69, 9.17) is 17.3 Å². The second kappa shape index (κ2) is 6.71. The van der Waals surface area contributed by atoms with Crippen LogP contribution in [0, 0.1) is 0 Å². The molecular weight excluding hydrogens is 388 g/mol. The van der Waals surface area contributed by atoms with Gasteiger partial charge in [-0.05, 0) is 23.8 Å². The van der Waals surface area contributed by atoms with Crippen LogP contribution in [0.5, 0.6) is 0 Å². The van der Waals surface area contributed by atoms with Crippen LogP contribution >= 0.6 is 22.9 Å². The molecule has 3 aromatic rings. The first-order valence-electron chi connectivity index (χ1n) is 8.19. The summed E-state index contributed by atoms with van der Waals surface area (Å²) < 4.78 is 0.629. The maximum atomic E-state index is 12.8. The van der Waals surface area contributed by atoms with Crippen molar-refractivity contribution in [1.82, 2.24) is 10.3 Å². The Kier molecular flexibility index (Phi) is 4.37. The number of H-pyrrole nitrogens is 1. The number of fused-ring (bicyclic) bond motifs is 2. The Bertz CT molecular complexity index is 1040. The van der Waals surface area contributed by atoms with E-state index in [0.29, 0.717) is 22.1 Å². The number of hydrogen-bond acceptors (Lipinski definition) is 4. The first kappa shape index (κ1) is 17.6.